The highest BCUT2D eigenvalue weighted by atomic mass is 19.1. The van der Waals surface area contributed by atoms with Crippen molar-refractivity contribution in [3.8, 4) is 0 Å². The van der Waals surface area contributed by atoms with E-state index in [4.69, 9.17) is 0 Å². The number of nitrogens with one attached hydrogen (secondary N) is 1. The van der Waals surface area contributed by atoms with Crippen molar-refractivity contribution < 1.29 is 18.4 Å². The fourth-order valence-corrected chi connectivity index (χ4v) is 4.40. The van der Waals surface area contributed by atoms with Crippen molar-refractivity contribution in [1.82, 2.24) is 20.2 Å². The maximum absolute atomic E-state index is 16.1. The molecule has 0 saturated carbocycles. The maximum Gasteiger partial charge on any atom is 0.282 e. The van der Waals surface area contributed by atoms with Gasteiger partial charge in [-0.15, -0.1) is 0 Å². The molecule has 0 bridgehead atoms. The summed E-state index contributed by atoms with van der Waals surface area (Å²) in [6, 6.07) is 14.5. The normalized spacial score (nSPS) is 17.3. The van der Waals surface area contributed by atoms with E-state index in [2.05, 4.69) is 15.3 Å². The van der Waals surface area contributed by atoms with E-state index in [-0.39, 0.29) is 12.2 Å². The number of rotatable bonds is 7. The van der Waals surface area contributed by atoms with Gasteiger partial charge in [0.2, 0.25) is 5.91 Å². The largest absolute Gasteiger partial charge is 0.330 e. The van der Waals surface area contributed by atoms with E-state index in [1.807, 2.05) is 0 Å². The Morgan fingerprint density at radius 1 is 1.12 bits per heavy atom. The summed E-state index contributed by atoms with van der Waals surface area (Å²) in [4.78, 5) is 35.6. The second kappa shape index (κ2) is 10.1. The van der Waals surface area contributed by atoms with E-state index in [1.54, 1.807) is 54.9 Å². The Morgan fingerprint density at radius 2 is 1.88 bits per heavy atom. The van der Waals surface area contributed by atoms with Crippen LogP contribution in [0.4, 0.5) is 8.78 Å². The molecule has 0 spiro atoms. The number of halogens is 2. The molecule has 1 aromatic heterocycles. The molecule has 176 valence electrons. The maximum atomic E-state index is 16.1. The zero-order valence-electron chi connectivity index (χ0n) is 18.9. The summed E-state index contributed by atoms with van der Waals surface area (Å²) in [5.41, 5.74) is 2.52. The molecule has 2 heterocycles. The summed E-state index contributed by atoms with van der Waals surface area (Å²) in [6.07, 6.45) is 4.55. The number of hydrogen-bond acceptors (Lipinski definition) is 4. The summed E-state index contributed by atoms with van der Waals surface area (Å²) in [6.45, 7) is 1.54. The highest BCUT2D eigenvalue weighted by Gasteiger charge is 2.46. The molecule has 0 aliphatic carbocycles. The van der Waals surface area contributed by atoms with Crippen LogP contribution in [0.5, 0.6) is 0 Å². The number of carbonyl (C=O) groups excluding carboxylic acids is 2. The third-order valence-corrected chi connectivity index (χ3v) is 5.84. The first kappa shape index (κ1) is 23.5. The first-order valence-electron chi connectivity index (χ1n) is 11.2. The fraction of sp³-hybridized carbons (Fsp3) is 0.308. The molecule has 2 amide bonds. The smallest absolute Gasteiger partial charge is 0.282 e. The van der Waals surface area contributed by atoms with Crippen LogP contribution in [0.25, 0.3) is 0 Å². The molecule has 2 unspecified atom stereocenters. The lowest BCUT2D eigenvalue weighted by Crippen LogP contribution is -2.57. The van der Waals surface area contributed by atoms with E-state index >= 15 is 4.39 Å². The topological polar surface area (TPSA) is 75.2 Å². The Labute approximate surface area is 197 Å². The van der Waals surface area contributed by atoms with Crippen molar-refractivity contribution in [2.45, 2.75) is 44.4 Å². The molecule has 1 aliphatic rings. The second-order valence-corrected chi connectivity index (χ2v) is 8.54. The number of benzene rings is 2. The highest BCUT2D eigenvalue weighted by molar-refractivity contribution is 5.90. The molecule has 2 atom stereocenters. The molecule has 3 aromatic rings. The highest BCUT2D eigenvalue weighted by Crippen LogP contribution is 2.34. The predicted molar refractivity (Wildman–Crippen MR) is 123 cm³/mol. The molecule has 6 nitrogen and oxygen atoms in total. The molecule has 1 fully saturated rings. The summed E-state index contributed by atoms with van der Waals surface area (Å²) in [5, 5.41) is 2.23. The average Bonchev–Trinajstić information content (AvgIpc) is 3.29. The van der Waals surface area contributed by atoms with Crippen LogP contribution in [0.1, 0.15) is 48.3 Å². The van der Waals surface area contributed by atoms with Gasteiger partial charge in [0.25, 0.3) is 11.7 Å². The molecule has 1 aliphatic heterocycles. The van der Waals surface area contributed by atoms with Crippen molar-refractivity contribution in [2.24, 2.45) is 0 Å². The molecule has 4 rings (SSSR count). The number of nitrogens with zero attached hydrogens (tertiary/aromatic N) is 3. The van der Waals surface area contributed by atoms with Crippen molar-refractivity contribution in [3.63, 3.8) is 0 Å². The van der Waals surface area contributed by atoms with Gasteiger partial charge in [-0.2, -0.15) is 0 Å². The number of likely N-dealkylation sites (tertiary alicyclic amines) is 1. The lowest BCUT2D eigenvalue weighted by Gasteiger charge is -2.33. The Bertz CT molecular complexity index is 1170. The molecule has 1 saturated heterocycles. The Balaban J connectivity index is 1.58. The van der Waals surface area contributed by atoms with Crippen LogP contribution in [-0.4, -0.2) is 39.0 Å². The van der Waals surface area contributed by atoms with Crippen LogP contribution in [0.3, 0.4) is 0 Å². The number of carbonyl (C=O) groups is 2. The molecular formula is C26H26F2N4O2. The van der Waals surface area contributed by atoms with Gasteiger partial charge in [-0.3, -0.25) is 19.6 Å². The third-order valence-electron chi connectivity index (χ3n) is 5.84. The number of alkyl halides is 1. The minimum absolute atomic E-state index is 0.277. The average molecular weight is 465 g/mol. The van der Waals surface area contributed by atoms with Crippen LogP contribution in [0, 0.1) is 5.82 Å². The zero-order valence-corrected chi connectivity index (χ0v) is 18.9. The lowest BCUT2D eigenvalue weighted by molar-refractivity contribution is -0.151. The number of hydrogen-bond donors (Lipinski definition) is 1. The van der Waals surface area contributed by atoms with E-state index in [9.17, 15) is 14.0 Å². The monoisotopic (exact) mass is 464 g/mol. The van der Waals surface area contributed by atoms with E-state index in [1.165, 1.54) is 24.0 Å². The SMILES string of the molecule is CC(=O)NC(F)(Cc1ccccc1)C(=O)N1CCCC1c1cncc(Cc2cccc(F)c2)n1. The molecule has 0 radical (unpaired) electrons. The third kappa shape index (κ3) is 5.44. The quantitative estimate of drug-likeness (QED) is 0.538. The van der Waals surface area contributed by atoms with Crippen LogP contribution in [-0.2, 0) is 22.4 Å². The molecular weight excluding hydrogens is 438 g/mol. The minimum atomic E-state index is -2.58. The predicted octanol–water partition coefficient (Wildman–Crippen LogP) is 3.91. The summed E-state index contributed by atoms with van der Waals surface area (Å²) >= 11 is 0. The first-order valence-corrected chi connectivity index (χ1v) is 11.2. The van der Waals surface area contributed by atoms with Crippen molar-refractivity contribution in [1.29, 1.82) is 0 Å². The standard InChI is InChI=1S/C26H26F2N4O2/c1-18(33)31-26(28,15-19-7-3-2-4-8-19)25(34)32-12-6-11-24(32)23-17-29-16-22(30-23)14-20-9-5-10-21(27)13-20/h2-5,7-10,13,16-17,24H,6,11-12,14-15H2,1H3,(H,31,33). The van der Waals surface area contributed by atoms with Crippen LogP contribution >= 0.6 is 0 Å². The number of aromatic nitrogens is 2. The van der Waals surface area contributed by atoms with E-state index < -0.39 is 23.6 Å². The Morgan fingerprint density at radius 3 is 2.62 bits per heavy atom. The zero-order chi connectivity index (χ0) is 24.1. The van der Waals surface area contributed by atoms with Crippen molar-refractivity contribution in [3.05, 3.63) is 95.3 Å². The van der Waals surface area contributed by atoms with E-state index in [0.29, 0.717) is 42.8 Å². The van der Waals surface area contributed by atoms with Crippen LogP contribution in [0.15, 0.2) is 67.0 Å². The second-order valence-electron chi connectivity index (χ2n) is 8.54. The van der Waals surface area contributed by atoms with Gasteiger partial charge in [0.1, 0.15) is 5.82 Å². The summed E-state index contributed by atoms with van der Waals surface area (Å²) in [7, 11) is 0. The fourth-order valence-electron chi connectivity index (χ4n) is 4.40. The summed E-state index contributed by atoms with van der Waals surface area (Å²) < 4.78 is 29.6. The first-order chi connectivity index (χ1) is 16.3. The minimum Gasteiger partial charge on any atom is -0.330 e. The van der Waals surface area contributed by atoms with Crippen molar-refractivity contribution in [2.75, 3.05) is 6.54 Å². The van der Waals surface area contributed by atoms with Gasteiger partial charge in [0.15, 0.2) is 0 Å². The molecule has 2 aromatic carbocycles. The lowest BCUT2D eigenvalue weighted by atomic mass is 10.0. The van der Waals surface area contributed by atoms with Gasteiger partial charge in [0.05, 0.1) is 23.6 Å². The van der Waals surface area contributed by atoms with Crippen LogP contribution in [0.2, 0.25) is 0 Å². The van der Waals surface area contributed by atoms with Crippen LogP contribution < -0.4 is 5.32 Å². The summed E-state index contributed by atoms with van der Waals surface area (Å²) in [5.74, 6) is -4.34. The molecule has 1 N–H and O–H groups in total. The van der Waals surface area contributed by atoms with Gasteiger partial charge >= 0.3 is 0 Å². The van der Waals surface area contributed by atoms with E-state index in [0.717, 1.165) is 5.56 Å². The number of amides is 2. The molecule has 8 heteroatoms. The van der Waals surface area contributed by atoms with Gasteiger partial charge in [-0.05, 0) is 36.1 Å². The van der Waals surface area contributed by atoms with Crippen molar-refractivity contribution >= 4 is 11.8 Å². The Hall–Kier alpha value is -3.68. The molecule has 34 heavy (non-hydrogen) atoms. The Kier molecular flexibility index (Phi) is 6.95. The van der Waals surface area contributed by atoms with Gasteiger partial charge in [0, 0.05) is 32.5 Å². The van der Waals surface area contributed by atoms with Gasteiger partial charge < -0.3 is 10.2 Å². The van der Waals surface area contributed by atoms with Gasteiger partial charge in [-0.1, -0.05) is 42.5 Å². The van der Waals surface area contributed by atoms with Gasteiger partial charge in [-0.25, -0.2) is 8.78 Å².